The third-order valence-corrected chi connectivity index (χ3v) is 3.06. The van der Waals surface area contributed by atoms with Crippen molar-refractivity contribution in [1.82, 2.24) is 10.3 Å². The van der Waals surface area contributed by atoms with Crippen molar-refractivity contribution in [2.45, 2.75) is 19.3 Å². The van der Waals surface area contributed by atoms with Crippen molar-refractivity contribution in [3.8, 4) is 5.75 Å². The predicted molar refractivity (Wildman–Crippen MR) is 87.0 cm³/mol. The van der Waals surface area contributed by atoms with Crippen molar-refractivity contribution in [3.05, 3.63) is 24.5 Å². The Morgan fingerprint density at radius 2 is 2.37 bits per heavy atom. The summed E-state index contributed by atoms with van der Waals surface area (Å²) in [6.07, 6.45) is 7.33. The summed E-state index contributed by atoms with van der Waals surface area (Å²) in [6.45, 7) is 2.04. The normalized spacial score (nSPS) is 15.3. The van der Waals surface area contributed by atoms with Gasteiger partial charge in [0.15, 0.2) is 5.96 Å². The van der Waals surface area contributed by atoms with Crippen LogP contribution in [0.25, 0.3) is 0 Å². The fourth-order valence-electron chi connectivity index (χ4n) is 1.74. The molecule has 0 atom stereocenters. The second kappa shape index (κ2) is 8.95. The lowest BCUT2D eigenvalue weighted by atomic mass is 9.86. The van der Waals surface area contributed by atoms with Crippen LogP contribution in [0.5, 0.6) is 5.75 Å². The number of aromatic nitrogens is 1. The Morgan fingerprint density at radius 3 is 3.00 bits per heavy atom. The third kappa shape index (κ3) is 6.09. The maximum absolute atomic E-state index is 5.75. The van der Waals surface area contributed by atoms with Gasteiger partial charge in [0.1, 0.15) is 12.4 Å². The first-order valence-corrected chi connectivity index (χ1v) is 6.41. The number of nitrogens with zero attached hydrogens (tertiary/aromatic N) is 2. The average Bonchev–Trinajstić information content (AvgIpc) is 2.34. The molecule has 3 N–H and O–H groups in total. The molecule has 0 aliphatic heterocycles. The second-order valence-corrected chi connectivity index (χ2v) is 4.49. The minimum absolute atomic E-state index is 0. The molecule has 1 aromatic rings. The SMILES string of the molecule is I.NC(=NCC1CCC1)NCCOc1cccnc1. The molecule has 0 amide bonds. The Morgan fingerprint density at radius 1 is 1.53 bits per heavy atom. The van der Waals surface area contributed by atoms with Crippen LogP contribution in [0.1, 0.15) is 19.3 Å². The zero-order valence-corrected chi connectivity index (χ0v) is 13.2. The van der Waals surface area contributed by atoms with E-state index in [1.807, 2.05) is 12.1 Å². The first-order chi connectivity index (χ1) is 8.84. The van der Waals surface area contributed by atoms with Crippen molar-refractivity contribution in [2.75, 3.05) is 19.7 Å². The van der Waals surface area contributed by atoms with E-state index in [2.05, 4.69) is 15.3 Å². The first-order valence-electron chi connectivity index (χ1n) is 6.41. The quantitative estimate of drug-likeness (QED) is 0.344. The number of guanidine groups is 1. The summed E-state index contributed by atoms with van der Waals surface area (Å²) >= 11 is 0. The summed E-state index contributed by atoms with van der Waals surface area (Å²) in [6, 6.07) is 3.72. The smallest absolute Gasteiger partial charge is 0.188 e. The average molecular weight is 376 g/mol. The number of nitrogens with two attached hydrogens (primary N) is 1. The molecule has 1 aromatic heterocycles. The van der Waals surface area contributed by atoms with Crippen LogP contribution in [0.2, 0.25) is 0 Å². The number of nitrogens with one attached hydrogen (secondary N) is 1. The van der Waals surface area contributed by atoms with Crippen LogP contribution in [0, 0.1) is 5.92 Å². The topological polar surface area (TPSA) is 72.5 Å². The number of hydrogen-bond acceptors (Lipinski definition) is 3. The lowest BCUT2D eigenvalue weighted by Crippen LogP contribution is -2.35. The third-order valence-electron chi connectivity index (χ3n) is 3.06. The number of rotatable bonds is 6. The van der Waals surface area contributed by atoms with E-state index < -0.39 is 0 Å². The van der Waals surface area contributed by atoms with Gasteiger partial charge in [0, 0.05) is 12.7 Å². The molecule has 5 nitrogen and oxygen atoms in total. The summed E-state index contributed by atoms with van der Waals surface area (Å²) in [5.74, 6) is 2.03. The summed E-state index contributed by atoms with van der Waals surface area (Å²) < 4.78 is 5.48. The van der Waals surface area contributed by atoms with Gasteiger partial charge in [-0.05, 0) is 30.9 Å². The van der Waals surface area contributed by atoms with Gasteiger partial charge >= 0.3 is 0 Å². The molecule has 1 fully saturated rings. The van der Waals surface area contributed by atoms with Crippen LogP contribution in [-0.2, 0) is 0 Å². The summed E-state index contributed by atoms with van der Waals surface area (Å²) in [5.41, 5.74) is 5.75. The molecule has 106 valence electrons. The Labute approximate surface area is 131 Å². The molecule has 6 heteroatoms. The largest absolute Gasteiger partial charge is 0.490 e. The minimum atomic E-state index is 0. The molecule has 1 heterocycles. The van der Waals surface area contributed by atoms with E-state index in [-0.39, 0.29) is 24.0 Å². The maximum atomic E-state index is 5.75. The van der Waals surface area contributed by atoms with Gasteiger partial charge in [-0.3, -0.25) is 9.98 Å². The van der Waals surface area contributed by atoms with Crippen molar-refractivity contribution >= 4 is 29.9 Å². The Balaban J connectivity index is 0.00000180. The Kier molecular flexibility index (Phi) is 7.54. The minimum Gasteiger partial charge on any atom is -0.490 e. The molecule has 19 heavy (non-hydrogen) atoms. The number of halogens is 1. The van der Waals surface area contributed by atoms with Crippen LogP contribution in [0.15, 0.2) is 29.5 Å². The fraction of sp³-hybridized carbons (Fsp3) is 0.538. The highest BCUT2D eigenvalue weighted by Crippen LogP contribution is 2.26. The molecule has 1 aliphatic rings. The van der Waals surface area contributed by atoms with Crippen molar-refractivity contribution in [1.29, 1.82) is 0 Å². The highest BCUT2D eigenvalue weighted by molar-refractivity contribution is 14.0. The van der Waals surface area contributed by atoms with E-state index in [0.29, 0.717) is 19.1 Å². The van der Waals surface area contributed by atoms with Crippen molar-refractivity contribution in [3.63, 3.8) is 0 Å². The molecule has 0 unspecified atom stereocenters. The molecule has 1 aliphatic carbocycles. The number of pyridine rings is 1. The molecule has 0 aromatic carbocycles. The van der Waals surface area contributed by atoms with E-state index in [9.17, 15) is 0 Å². The molecule has 1 saturated carbocycles. The highest BCUT2D eigenvalue weighted by atomic mass is 127. The van der Waals surface area contributed by atoms with Crippen molar-refractivity contribution < 1.29 is 4.74 Å². The summed E-state index contributed by atoms with van der Waals surface area (Å²) in [5, 5.41) is 3.04. The van der Waals surface area contributed by atoms with Crippen LogP contribution in [-0.4, -0.2) is 30.6 Å². The van der Waals surface area contributed by atoms with E-state index in [1.54, 1.807) is 12.4 Å². The van der Waals surface area contributed by atoms with Crippen LogP contribution < -0.4 is 15.8 Å². The Bertz CT molecular complexity index is 381. The molecule has 0 saturated heterocycles. The molecule has 0 radical (unpaired) electrons. The van der Waals surface area contributed by atoms with Gasteiger partial charge in [0.2, 0.25) is 0 Å². The van der Waals surface area contributed by atoms with E-state index in [4.69, 9.17) is 10.5 Å². The van der Waals surface area contributed by atoms with Gasteiger partial charge in [-0.2, -0.15) is 0 Å². The molecular weight excluding hydrogens is 355 g/mol. The number of hydrogen-bond donors (Lipinski definition) is 2. The maximum Gasteiger partial charge on any atom is 0.188 e. The lowest BCUT2D eigenvalue weighted by molar-refractivity contribution is 0.319. The molecular formula is C13H21IN4O. The zero-order valence-electron chi connectivity index (χ0n) is 10.9. The zero-order chi connectivity index (χ0) is 12.6. The van der Waals surface area contributed by atoms with Crippen LogP contribution in [0.3, 0.4) is 0 Å². The van der Waals surface area contributed by atoms with Gasteiger partial charge in [-0.25, -0.2) is 0 Å². The standard InChI is InChI=1S/C13H20N4O.HI/c14-13(17-9-11-3-1-4-11)16-7-8-18-12-5-2-6-15-10-12;/h2,5-6,10-11H,1,3-4,7-9H2,(H3,14,16,17);1H. The summed E-state index contributed by atoms with van der Waals surface area (Å²) in [7, 11) is 0. The van der Waals surface area contributed by atoms with Crippen LogP contribution >= 0.6 is 24.0 Å². The lowest BCUT2D eigenvalue weighted by Gasteiger charge is -2.23. The fourth-order valence-corrected chi connectivity index (χ4v) is 1.74. The van der Waals surface area contributed by atoms with Gasteiger partial charge in [-0.15, -0.1) is 24.0 Å². The van der Waals surface area contributed by atoms with Gasteiger partial charge in [0.05, 0.1) is 12.7 Å². The van der Waals surface area contributed by atoms with E-state index in [0.717, 1.165) is 18.2 Å². The number of aliphatic imine (C=N–C) groups is 1. The second-order valence-electron chi connectivity index (χ2n) is 4.49. The van der Waals surface area contributed by atoms with Gasteiger partial charge in [0.25, 0.3) is 0 Å². The highest BCUT2D eigenvalue weighted by Gasteiger charge is 2.16. The molecule has 0 spiro atoms. The van der Waals surface area contributed by atoms with Crippen LogP contribution in [0.4, 0.5) is 0 Å². The van der Waals surface area contributed by atoms with Crippen molar-refractivity contribution in [2.24, 2.45) is 16.6 Å². The van der Waals surface area contributed by atoms with Gasteiger partial charge in [-0.1, -0.05) is 6.42 Å². The molecule has 0 bridgehead atoms. The summed E-state index contributed by atoms with van der Waals surface area (Å²) in [4.78, 5) is 8.28. The first kappa shape index (κ1) is 16.0. The number of ether oxygens (including phenoxy) is 1. The van der Waals surface area contributed by atoms with E-state index >= 15 is 0 Å². The molecule has 2 rings (SSSR count). The van der Waals surface area contributed by atoms with E-state index in [1.165, 1.54) is 19.3 Å². The van der Waals surface area contributed by atoms with Gasteiger partial charge < -0.3 is 15.8 Å². The predicted octanol–water partition coefficient (Wildman–Crippen LogP) is 1.78. The monoisotopic (exact) mass is 376 g/mol. The Hall–Kier alpha value is -1.05.